The molecule has 4 amide bonds. The van der Waals surface area contributed by atoms with Gasteiger partial charge in [-0.25, -0.2) is 14.4 Å². The van der Waals surface area contributed by atoms with Crippen molar-refractivity contribution in [1.29, 1.82) is 0 Å². The van der Waals surface area contributed by atoms with Crippen molar-refractivity contribution in [2.75, 3.05) is 13.2 Å². The second-order valence-electron chi connectivity index (χ2n) is 17.0. The molecule has 0 fully saturated rings. The Bertz CT molecular complexity index is 1590. The summed E-state index contributed by atoms with van der Waals surface area (Å²) in [7, 11) is -2.08. The van der Waals surface area contributed by atoms with E-state index in [9.17, 15) is 24.3 Å². The van der Waals surface area contributed by atoms with Crippen LogP contribution in [0.4, 0.5) is 14.4 Å². The van der Waals surface area contributed by atoms with Gasteiger partial charge in [-0.3, -0.25) is 20.4 Å². The highest BCUT2D eigenvalue weighted by molar-refractivity contribution is 6.74. The van der Waals surface area contributed by atoms with Crippen LogP contribution in [0.5, 0.6) is 5.75 Å². The zero-order valence-electron chi connectivity index (χ0n) is 34.9. The second-order valence-corrected chi connectivity index (χ2v) is 21.7. The summed E-state index contributed by atoms with van der Waals surface area (Å²) in [4.78, 5) is 56.2. The van der Waals surface area contributed by atoms with E-state index in [4.69, 9.17) is 18.6 Å². The number of aryl methyl sites for hydroxylation is 2. The summed E-state index contributed by atoms with van der Waals surface area (Å²) in [5.74, 6) is -0.0919. The molecular weight excluding hydrogens is 723 g/mol. The molecule has 0 aliphatic rings. The van der Waals surface area contributed by atoms with Crippen LogP contribution in [0.3, 0.4) is 0 Å². The van der Waals surface area contributed by atoms with Crippen molar-refractivity contribution in [1.82, 2.24) is 21.3 Å². The van der Waals surface area contributed by atoms with Crippen LogP contribution >= 0.6 is 0 Å². The third kappa shape index (κ3) is 17.1. The normalized spacial score (nSPS) is 13.1. The first-order valence-corrected chi connectivity index (χ1v) is 21.4. The molecule has 0 saturated carbocycles. The van der Waals surface area contributed by atoms with Crippen LogP contribution in [0.15, 0.2) is 47.5 Å². The van der Waals surface area contributed by atoms with Crippen LogP contribution < -0.4 is 25.7 Å². The van der Waals surface area contributed by atoms with Gasteiger partial charge in [0.05, 0.1) is 12.6 Å². The Labute approximate surface area is 327 Å². The summed E-state index contributed by atoms with van der Waals surface area (Å²) in [6.07, 6.45) is -2.38. The van der Waals surface area contributed by atoms with Crippen molar-refractivity contribution in [3.63, 3.8) is 0 Å². The van der Waals surface area contributed by atoms with Gasteiger partial charge in [-0.05, 0) is 121 Å². The first-order chi connectivity index (χ1) is 25.3. The molecule has 55 heavy (non-hydrogen) atoms. The molecule has 0 spiro atoms. The van der Waals surface area contributed by atoms with Crippen LogP contribution in [0, 0.1) is 13.8 Å². The summed E-state index contributed by atoms with van der Waals surface area (Å²) in [5.41, 5.74) is 1.94. The van der Waals surface area contributed by atoms with Crippen molar-refractivity contribution in [2.24, 2.45) is 4.99 Å². The van der Waals surface area contributed by atoms with Gasteiger partial charge in [-0.2, -0.15) is 0 Å². The van der Waals surface area contributed by atoms with Crippen molar-refractivity contribution in [3.8, 4) is 5.75 Å². The Hall–Kier alpha value is -4.63. The van der Waals surface area contributed by atoms with Crippen LogP contribution in [-0.4, -0.2) is 80.0 Å². The molecule has 2 aromatic rings. The summed E-state index contributed by atoms with van der Waals surface area (Å²) in [6, 6.07) is 11.1. The average molecular weight is 786 g/mol. The highest BCUT2D eigenvalue weighted by Gasteiger charge is 2.39. The van der Waals surface area contributed by atoms with E-state index in [1.54, 1.807) is 53.7 Å². The minimum absolute atomic E-state index is 0.0222. The van der Waals surface area contributed by atoms with Gasteiger partial charge >= 0.3 is 18.3 Å². The lowest BCUT2D eigenvalue weighted by Gasteiger charge is -2.36. The molecule has 5 N–H and O–H groups in total. The second kappa shape index (κ2) is 19.8. The number of aliphatic imine (C=N–C) groups is 1. The minimum atomic E-state index is -2.08. The summed E-state index contributed by atoms with van der Waals surface area (Å²) in [6.45, 7) is 24.4. The molecule has 2 atom stereocenters. The fraction of sp³-hybridized carbons (Fsp3) is 0.575. The lowest BCUT2D eigenvalue weighted by molar-refractivity contribution is -0.124. The summed E-state index contributed by atoms with van der Waals surface area (Å²) in [5, 5.41) is 20.7. The lowest BCUT2D eigenvalue weighted by Crippen LogP contribution is -2.51. The van der Waals surface area contributed by atoms with Crippen molar-refractivity contribution in [3.05, 3.63) is 64.7 Å². The molecule has 15 heteroatoms. The molecule has 14 nitrogen and oxygen atoms in total. The zero-order valence-corrected chi connectivity index (χ0v) is 35.9. The number of alkyl carbamates (subject to hydrolysis) is 3. The number of rotatable bonds is 13. The molecule has 306 valence electrons. The quantitative estimate of drug-likeness (QED) is 0.0631. The number of amides is 4. The number of aliphatic hydroxyl groups excluding tert-OH is 1. The van der Waals surface area contributed by atoms with Crippen molar-refractivity contribution >= 4 is 38.5 Å². The maximum absolute atomic E-state index is 13.8. The van der Waals surface area contributed by atoms with E-state index in [2.05, 4.69) is 60.1 Å². The first-order valence-electron chi connectivity index (χ1n) is 18.5. The van der Waals surface area contributed by atoms with Gasteiger partial charge in [0, 0.05) is 6.54 Å². The van der Waals surface area contributed by atoms with E-state index in [1.165, 1.54) is 0 Å². The number of aliphatic hydroxyl groups is 1. The smallest absolute Gasteiger partial charge is 0.414 e. The first kappa shape index (κ1) is 46.5. The van der Waals surface area contributed by atoms with Crippen LogP contribution in [0.1, 0.15) is 91.0 Å². The van der Waals surface area contributed by atoms with Gasteiger partial charge in [-0.1, -0.05) is 51.1 Å². The SMILES string of the molecule is Cc1cc(O[Si](C)(C)C(C)(C)C)cc(C)c1CC(CO)NC(=O)C(CCN=C(NC(=O)OC(C)(C)C)NC(=O)OC(C)(C)C)NC(=O)OCc1ccccc1. The Morgan fingerprint density at radius 3 is 1.80 bits per heavy atom. The van der Waals surface area contributed by atoms with E-state index >= 15 is 0 Å². The number of ether oxygens (including phenoxy) is 3. The number of carbonyl (C=O) groups excluding carboxylic acids is 4. The molecule has 0 aromatic heterocycles. The summed E-state index contributed by atoms with van der Waals surface area (Å²) >= 11 is 0. The summed E-state index contributed by atoms with van der Waals surface area (Å²) < 4.78 is 22.5. The topological polar surface area (TPSA) is 186 Å². The number of benzene rings is 2. The molecular formula is C40H63N5O9Si. The van der Waals surface area contributed by atoms with E-state index in [1.807, 2.05) is 44.2 Å². The predicted molar refractivity (Wildman–Crippen MR) is 216 cm³/mol. The molecule has 2 rings (SSSR count). The Morgan fingerprint density at radius 1 is 0.800 bits per heavy atom. The zero-order chi connectivity index (χ0) is 41.8. The Balaban J connectivity index is 2.31. The lowest BCUT2D eigenvalue weighted by atomic mass is 9.96. The highest BCUT2D eigenvalue weighted by Crippen LogP contribution is 2.38. The van der Waals surface area contributed by atoms with Crippen LogP contribution in [0.25, 0.3) is 0 Å². The highest BCUT2D eigenvalue weighted by atomic mass is 28.4. The number of nitrogens with zero attached hydrogens (tertiary/aromatic N) is 1. The molecule has 2 unspecified atom stereocenters. The monoisotopic (exact) mass is 785 g/mol. The van der Waals surface area contributed by atoms with Crippen molar-refractivity contribution < 1.29 is 42.9 Å². The molecule has 0 saturated heterocycles. The number of hydrogen-bond donors (Lipinski definition) is 5. The predicted octanol–water partition coefficient (Wildman–Crippen LogP) is 6.80. The van der Waals surface area contributed by atoms with Gasteiger partial charge in [0.25, 0.3) is 0 Å². The molecule has 2 aromatic carbocycles. The van der Waals surface area contributed by atoms with E-state index in [0.29, 0.717) is 6.42 Å². The van der Waals surface area contributed by atoms with Gasteiger partial charge in [0.15, 0.2) is 0 Å². The molecule has 0 bridgehead atoms. The van der Waals surface area contributed by atoms with Crippen LogP contribution in [-0.2, 0) is 32.0 Å². The maximum Gasteiger partial charge on any atom is 0.414 e. The Kier molecular flexibility index (Phi) is 16.7. The Morgan fingerprint density at radius 2 is 1.33 bits per heavy atom. The van der Waals surface area contributed by atoms with Crippen molar-refractivity contribution in [2.45, 2.75) is 137 Å². The third-order valence-corrected chi connectivity index (χ3v) is 13.0. The van der Waals surface area contributed by atoms with Gasteiger partial charge in [0.1, 0.15) is 29.6 Å². The molecule has 0 heterocycles. The van der Waals surface area contributed by atoms with Gasteiger partial charge < -0.3 is 34.4 Å². The standard InChI is InChI=1S/C40H63N5O9Si/c1-26-21-30(54-55(12,13)40(9,10)11)22-27(2)31(26)23-29(24-46)42-33(47)32(43-35(48)51-25-28-17-15-14-16-18-28)19-20-41-34(44-36(49)52-38(3,4)5)45-37(50)53-39(6,7)8/h14-18,21-22,29,32,46H,19-20,23-25H2,1-13H3,(H,42,47)(H,43,48)(H2,41,44,45,49,50). The van der Waals surface area contributed by atoms with Gasteiger partial charge in [0.2, 0.25) is 20.2 Å². The minimum Gasteiger partial charge on any atom is -0.543 e. The molecule has 0 aliphatic carbocycles. The number of nitrogens with one attached hydrogen (secondary N) is 4. The average Bonchev–Trinajstić information content (AvgIpc) is 3.02. The van der Waals surface area contributed by atoms with Crippen LogP contribution in [0.2, 0.25) is 18.1 Å². The van der Waals surface area contributed by atoms with Gasteiger partial charge in [-0.15, -0.1) is 0 Å². The fourth-order valence-electron chi connectivity index (χ4n) is 4.88. The van der Waals surface area contributed by atoms with E-state index in [-0.39, 0.29) is 37.2 Å². The maximum atomic E-state index is 13.8. The fourth-order valence-corrected chi connectivity index (χ4v) is 5.90. The number of hydrogen-bond acceptors (Lipinski definition) is 10. The van der Waals surface area contributed by atoms with E-state index in [0.717, 1.165) is 28.0 Å². The largest absolute Gasteiger partial charge is 0.543 e. The number of guanidine groups is 1. The number of carbonyl (C=O) groups is 4. The molecule has 0 radical (unpaired) electrons. The van der Waals surface area contributed by atoms with E-state index < -0.39 is 55.8 Å². The molecule has 0 aliphatic heterocycles. The third-order valence-electron chi connectivity index (χ3n) is 8.61.